The summed E-state index contributed by atoms with van der Waals surface area (Å²) < 4.78 is 11.5. The third kappa shape index (κ3) is 3.96. The fourth-order valence-corrected chi connectivity index (χ4v) is 3.64. The van der Waals surface area contributed by atoms with E-state index in [0.29, 0.717) is 26.6 Å². The number of carbonyl (C=O) groups is 1. The number of aliphatic hydroxyl groups is 1. The second-order valence-corrected chi connectivity index (χ2v) is 7.86. The molecule has 0 fully saturated rings. The molecule has 6 heteroatoms. The van der Waals surface area contributed by atoms with Gasteiger partial charge in [-0.3, -0.25) is 9.00 Å². The van der Waals surface area contributed by atoms with E-state index in [9.17, 15) is 14.1 Å². The minimum atomic E-state index is -1.10. The Bertz CT molecular complexity index is 999. The Kier molecular flexibility index (Phi) is 5.41. The molecule has 0 radical (unpaired) electrons. The number of hydrogen-bond donors (Lipinski definition) is 2. The van der Waals surface area contributed by atoms with Crippen LogP contribution in [-0.4, -0.2) is 26.6 Å². The lowest BCUT2D eigenvalue weighted by Crippen LogP contribution is -2.05. The van der Waals surface area contributed by atoms with Gasteiger partial charge in [0.2, 0.25) is 0 Å². The summed E-state index contributed by atoms with van der Waals surface area (Å²) >= 11 is 6.11. The van der Waals surface area contributed by atoms with Crippen LogP contribution in [0, 0.1) is 0 Å². The fraction of sp³-hybridized carbons (Fsp3) is 0.150. The van der Waals surface area contributed by atoms with E-state index in [4.69, 9.17) is 16.7 Å². The van der Waals surface area contributed by atoms with Gasteiger partial charge in [0.1, 0.15) is 6.10 Å². The topological polar surface area (TPSA) is 74.6 Å². The van der Waals surface area contributed by atoms with Crippen molar-refractivity contribution in [3.05, 3.63) is 76.3 Å². The summed E-state index contributed by atoms with van der Waals surface area (Å²) in [5.41, 5.74) is 1.83. The van der Waals surface area contributed by atoms with Crippen molar-refractivity contribution in [2.45, 2.75) is 17.4 Å². The van der Waals surface area contributed by atoms with Gasteiger partial charge < -0.3 is 10.2 Å². The monoisotopic (exact) mass is 388 g/mol. The first-order chi connectivity index (χ1) is 12.3. The predicted molar refractivity (Wildman–Crippen MR) is 103 cm³/mol. The van der Waals surface area contributed by atoms with Gasteiger partial charge in [0.25, 0.3) is 0 Å². The first-order valence-electron chi connectivity index (χ1n) is 7.90. The highest BCUT2D eigenvalue weighted by Gasteiger charge is 2.16. The van der Waals surface area contributed by atoms with Crippen molar-refractivity contribution >= 4 is 39.1 Å². The molecule has 0 saturated carbocycles. The van der Waals surface area contributed by atoms with Gasteiger partial charge in [-0.1, -0.05) is 41.9 Å². The Hall–Kier alpha value is -2.21. The maximum absolute atomic E-state index is 11.5. The first-order valence-corrected chi connectivity index (χ1v) is 9.84. The molecule has 2 atom stereocenters. The summed E-state index contributed by atoms with van der Waals surface area (Å²) in [5.74, 6) is -0.937. The van der Waals surface area contributed by atoms with Gasteiger partial charge in [0.15, 0.2) is 0 Å². The van der Waals surface area contributed by atoms with Crippen LogP contribution in [-0.2, 0) is 22.0 Å². The van der Waals surface area contributed by atoms with E-state index in [0.717, 1.165) is 10.8 Å². The van der Waals surface area contributed by atoms with E-state index < -0.39 is 22.9 Å². The first kappa shape index (κ1) is 18.6. The molecule has 0 spiro atoms. The second kappa shape index (κ2) is 7.58. The molecular formula is C20H17ClO4S. The van der Waals surface area contributed by atoms with Gasteiger partial charge >= 0.3 is 5.97 Å². The number of carboxylic acid groups (broad SMARTS) is 1. The highest BCUT2D eigenvalue weighted by Crippen LogP contribution is 2.32. The number of rotatable bonds is 5. The van der Waals surface area contributed by atoms with E-state index in [1.165, 1.54) is 0 Å². The van der Waals surface area contributed by atoms with Crippen molar-refractivity contribution in [1.29, 1.82) is 0 Å². The van der Waals surface area contributed by atoms with Crippen LogP contribution in [0.2, 0.25) is 5.02 Å². The van der Waals surface area contributed by atoms with E-state index in [1.807, 2.05) is 6.07 Å². The van der Waals surface area contributed by atoms with Gasteiger partial charge in [0, 0.05) is 27.0 Å². The van der Waals surface area contributed by atoms with Crippen LogP contribution >= 0.6 is 11.6 Å². The number of aliphatic carboxylic acids is 1. The lowest BCUT2D eigenvalue weighted by atomic mass is 9.93. The number of hydrogen-bond acceptors (Lipinski definition) is 3. The molecular weight excluding hydrogens is 372 g/mol. The molecule has 0 saturated heterocycles. The van der Waals surface area contributed by atoms with E-state index in [1.54, 1.807) is 54.8 Å². The van der Waals surface area contributed by atoms with E-state index >= 15 is 0 Å². The summed E-state index contributed by atoms with van der Waals surface area (Å²) in [4.78, 5) is 11.8. The normalized spacial score (nSPS) is 13.5. The molecule has 0 aliphatic rings. The highest BCUT2D eigenvalue weighted by molar-refractivity contribution is 7.84. The number of halogens is 1. The van der Waals surface area contributed by atoms with Gasteiger partial charge in [0.05, 0.1) is 6.42 Å². The third-order valence-electron chi connectivity index (χ3n) is 4.19. The van der Waals surface area contributed by atoms with Crippen molar-refractivity contribution in [2.75, 3.05) is 6.26 Å². The maximum Gasteiger partial charge on any atom is 0.307 e. The molecule has 134 valence electrons. The van der Waals surface area contributed by atoms with Crippen molar-refractivity contribution in [2.24, 2.45) is 0 Å². The minimum Gasteiger partial charge on any atom is -0.481 e. The zero-order valence-electron chi connectivity index (χ0n) is 14.0. The molecule has 2 unspecified atom stereocenters. The Balaban J connectivity index is 2.12. The number of fused-ring (bicyclic) bond motifs is 1. The molecule has 0 bridgehead atoms. The SMILES string of the molecule is CS(=O)c1ccc(C(O)c2cc(CC(=O)O)cc3ccc(Cl)cc23)cc1. The highest BCUT2D eigenvalue weighted by atomic mass is 35.5. The van der Waals surface area contributed by atoms with Crippen molar-refractivity contribution in [3.8, 4) is 0 Å². The fourth-order valence-electron chi connectivity index (χ4n) is 2.95. The average molecular weight is 389 g/mol. The van der Waals surface area contributed by atoms with Gasteiger partial charge in [-0.2, -0.15) is 0 Å². The molecule has 0 heterocycles. The van der Waals surface area contributed by atoms with Crippen molar-refractivity contribution in [3.63, 3.8) is 0 Å². The van der Waals surface area contributed by atoms with Crippen LogP contribution in [0.5, 0.6) is 0 Å². The molecule has 4 nitrogen and oxygen atoms in total. The Morgan fingerprint density at radius 2 is 1.81 bits per heavy atom. The van der Waals surface area contributed by atoms with Crippen LogP contribution in [0.25, 0.3) is 10.8 Å². The molecule has 3 rings (SSSR count). The molecule has 0 aliphatic carbocycles. The maximum atomic E-state index is 11.5. The molecule has 3 aromatic carbocycles. The molecule has 2 N–H and O–H groups in total. The molecule has 3 aromatic rings. The standard InChI is InChI=1S/C20H17ClO4S/c1-26(25)16-6-3-13(4-7-16)20(24)18-9-12(10-19(22)23)8-14-2-5-15(21)11-17(14)18/h2-9,11,20,24H,10H2,1H3,(H,22,23). The minimum absolute atomic E-state index is 0.133. The zero-order valence-corrected chi connectivity index (χ0v) is 15.6. The van der Waals surface area contributed by atoms with Crippen LogP contribution in [0.3, 0.4) is 0 Å². The lowest BCUT2D eigenvalue weighted by Gasteiger charge is -2.16. The predicted octanol–water partition coefficient (Wildman–Crippen LogP) is 3.94. The summed E-state index contributed by atoms with van der Waals surface area (Å²) in [6.07, 6.45) is 0.506. The number of benzene rings is 3. The number of carboxylic acids is 1. The third-order valence-corrected chi connectivity index (χ3v) is 5.36. The van der Waals surface area contributed by atoms with Gasteiger partial charge in [-0.05, 0) is 51.7 Å². The van der Waals surface area contributed by atoms with Gasteiger partial charge in [-0.15, -0.1) is 0 Å². The second-order valence-electron chi connectivity index (χ2n) is 6.05. The lowest BCUT2D eigenvalue weighted by molar-refractivity contribution is -0.136. The summed E-state index contributed by atoms with van der Waals surface area (Å²) in [5, 5.41) is 22.1. The summed E-state index contributed by atoms with van der Waals surface area (Å²) in [6, 6.07) is 15.7. The Morgan fingerprint density at radius 1 is 1.12 bits per heavy atom. The summed E-state index contributed by atoms with van der Waals surface area (Å²) in [7, 11) is -1.10. The van der Waals surface area contributed by atoms with Crippen LogP contribution in [0.4, 0.5) is 0 Å². The smallest absolute Gasteiger partial charge is 0.307 e. The Labute approximate surface area is 158 Å². The quantitative estimate of drug-likeness (QED) is 0.694. The van der Waals surface area contributed by atoms with Crippen molar-refractivity contribution < 1.29 is 19.2 Å². The Morgan fingerprint density at radius 3 is 2.42 bits per heavy atom. The largest absolute Gasteiger partial charge is 0.481 e. The molecule has 26 heavy (non-hydrogen) atoms. The molecule has 0 aromatic heterocycles. The molecule has 0 amide bonds. The molecule has 0 aliphatic heterocycles. The van der Waals surface area contributed by atoms with Crippen LogP contribution in [0.15, 0.2) is 59.5 Å². The van der Waals surface area contributed by atoms with E-state index in [2.05, 4.69) is 0 Å². The summed E-state index contributed by atoms with van der Waals surface area (Å²) in [6.45, 7) is 0. The average Bonchev–Trinajstić information content (AvgIpc) is 2.60. The van der Waals surface area contributed by atoms with E-state index in [-0.39, 0.29) is 6.42 Å². The van der Waals surface area contributed by atoms with Crippen molar-refractivity contribution in [1.82, 2.24) is 0 Å². The van der Waals surface area contributed by atoms with Gasteiger partial charge in [-0.25, -0.2) is 0 Å². The van der Waals surface area contributed by atoms with Crippen LogP contribution in [0.1, 0.15) is 22.8 Å². The zero-order chi connectivity index (χ0) is 18.8. The van der Waals surface area contributed by atoms with Crippen LogP contribution < -0.4 is 0 Å². The number of aliphatic hydroxyl groups excluding tert-OH is 1.